The maximum Gasteiger partial charge on any atom is 0.269 e. The van der Waals surface area contributed by atoms with E-state index in [1.807, 2.05) is 13.8 Å². The highest BCUT2D eigenvalue weighted by molar-refractivity contribution is 9.10. The average molecular weight is 474 g/mol. The van der Waals surface area contributed by atoms with Crippen LogP contribution in [0.3, 0.4) is 0 Å². The van der Waals surface area contributed by atoms with Gasteiger partial charge in [-0.15, -0.1) is 0 Å². The van der Waals surface area contributed by atoms with Crippen LogP contribution in [-0.2, 0) is 9.59 Å². The number of anilines is 1. The van der Waals surface area contributed by atoms with Crippen molar-refractivity contribution in [2.24, 2.45) is 0 Å². The molecule has 2 aromatic rings. The van der Waals surface area contributed by atoms with Gasteiger partial charge in [0.2, 0.25) is 5.91 Å². The summed E-state index contributed by atoms with van der Waals surface area (Å²) < 4.78 is 0.816. The number of hydrogen-bond donors (Lipinski definition) is 0. The third-order valence-electron chi connectivity index (χ3n) is 5.17. The monoisotopic (exact) mass is 473 g/mol. The van der Waals surface area contributed by atoms with Crippen molar-refractivity contribution >= 4 is 45.0 Å². The Morgan fingerprint density at radius 3 is 2.33 bits per heavy atom. The van der Waals surface area contributed by atoms with Crippen LogP contribution in [-0.4, -0.2) is 39.6 Å². The second-order valence-electron chi connectivity index (χ2n) is 7.04. The number of nitrogens with zero attached hydrogens (tertiary/aromatic N) is 3. The predicted molar refractivity (Wildman–Crippen MR) is 114 cm³/mol. The zero-order valence-corrected chi connectivity index (χ0v) is 18.0. The van der Waals surface area contributed by atoms with Crippen LogP contribution < -0.4 is 4.90 Å². The molecular weight excluding hydrogens is 454 g/mol. The van der Waals surface area contributed by atoms with Crippen molar-refractivity contribution in [3.8, 4) is 0 Å². The molecule has 2 atom stereocenters. The first-order valence-electron chi connectivity index (χ1n) is 9.44. The molecule has 1 heterocycles. The van der Waals surface area contributed by atoms with Gasteiger partial charge in [0, 0.05) is 28.2 Å². The van der Waals surface area contributed by atoms with Gasteiger partial charge >= 0.3 is 0 Å². The van der Waals surface area contributed by atoms with E-state index in [1.165, 1.54) is 29.2 Å². The smallest absolute Gasteiger partial charge is 0.269 e. The molecule has 0 saturated carbocycles. The van der Waals surface area contributed by atoms with Crippen molar-refractivity contribution in [3.63, 3.8) is 0 Å². The molecule has 9 heteroatoms. The predicted octanol–water partition coefficient (Wildman–Crippen LogP) is 3.93. The largest absolute Gasteiger partial charge is 0.323 e. The zero-order valence-electron chi connectivity index (χ0n) is 16.4. The summed E-state index contributed by atoms with van der Waals surface area (Å²) in [6.45, 7) is 3.69. The van der Waals surface area contributed by atoms with Crippen LogP contribution in [0.2, 0.25) is 0 Å². The van der Waals surface area contributed by atoms with E-state index >= 15 is 0 Å². The van der Waals surface area contributed by atoms with Gasteiger partial charge < -0.3 is 4.90 Å². The third-order valence-corrected chi connectivity index (χ3v) is 5.70. The molecule has 0 spiro atoms. The first kappa shape index (κ1) is 21.6. The van der Waals surface area contributed by atoms with Gasteiger partial charge in [-0.05, 0) is 49.7 Å². The van der Waals surface area contributed by atoms with Crippen LogP contribution in [0.5, 0.6) is 0 Å². The molecule has 2 aromatic carbocycles. The van der Waals surface area contributed by atoms with Crippen molar-refractivity contribution in [3.05, 3.63) is 68.7 Å². The number of carbonyl (C=O) groups excluding carboxylic acids is 3. The summed E-state index contributed by atoms with van der Waals surface area (Å²) in [6, 6.07) is 10.8. The summed E-state index contributed by atoms with van der Waals surface area (Å²) in [6.07, 6.45) is 0.465. The summed E-state index contributed by atoms with van der Waals surface area (Å²) in [7, 11) is 0. The first-order chi connectivity index (χ1) is 14.2. The Kier molecular flexibility index (Phi) is 6.31. The topological polar surface area (TPSA) is 101 Å². The number of nitro groups is 1. The summed E-state index contributed by atoms with van der Waals surface area (Å²) in [5.74, 6) is -1.28. The highest BCUT2D eigenvalue weighted by atomic mass is 79.9. The lowest BCUT2D eigenvalue weighted by Gasteiger charge is -2.33. The number of non-ortho nitro benzene ring substituents is 1. The second kappa shape index (κ2) is 8.74. The van der Waals surface area contributed by atoms with Crippen molar-refractivity contribution in [1.82, 2.24) is 4.90 Å². The van der Waals surface area contributed by atoms with E-state index in [9.17, 15) is 24.5 Å². The van der Waals surface area contributed by atoms with E-state index in [4.69, 9.17) is 0 Å². The maximum absolute atomic E-state index is 13.2. The Hall–Kier alpha value is -3.07. The van der Waals surface area contributed by atoms with Gasteiger partial charge in [0.05, 0.1) is 17.0 Å². The second-order valence-corrected chi connectivity index (χ2v) is 7.95. The van der Waals surface area contributed by atoms with Gasteiger partial charge in [0.25, 0.3) is 17.5 Å². The number of amides is 3. The summed E-state index contributed by atoms with van der Waals surface area (Å²) in [4.78, 5) is 51.9. The molecule has 0 N–H and O–H groups in total. The van der Waals surface area contributed by atoms with Crippen LogP contribution in [0.1, 0.15) is 37.0 Å². The standard InChI is InChI=1S/C21H20BrN3O5/c1-3-13(2)23(20(27)14-4-8-17(9-5-14)25(29)30)18-12-19(26)24(21(18)28)16-10-6-15(22)7-11-16/h4-11,13,18H,3,12H2,1-2H3. The lowest BCUT2D eigenvalue weighted by atomic mass is 10.1. The quantitative estimate of drug-likeness (QED) is 0.359. The third kappa shape index (κ3) is 4.11. The number of benzene rings is 2. The summed E-state index contributed by atoms with van der Waals surface area (Å²) in [5.41, 5.74) is 0.543. The molecule has 1 aliphatic heterocycles. The minimum atomic E-state index is -0.932. The van der Waals surface area contributed by atoms with Crippen molar-refractivity contribution < 1.29 is 19.3 Å². The zero-order chi connectivity index (χ0) is 22.0. The van der Waals surface area contributed by atoms with E-state index in [-0.39, 0.29) is 29.6 Å². The Bertz CT molecular complexity index is 991. The Labute approximate surface area is 181 Å². The van der Waals surface area contributed by atoms with Crippen molar-refractivity contribution in [2.75, 3.05) is 4.90 Å². The van der Waals surface area contributed by atoms with Gasteiger partial charge in [0.1, 0.15) is 6.04 Å². The molecule has 3 amide bonds. The highest BCUT2D eigenvalue weighted by Crippen LogP contribution is 2.29. The maximum atomic E-state index is 13.2. The number of nitro benzene ring substituents is 1. The van der Waals surface area contributed by atoms with Gasteiger partial charge in [-0.3, -0.25) is 24.5 Å². The van der Waals surface area contributed by atoms with Crippen LogP contribution in [0.25, 0.3) is 0 Å². The number of rotatable bonds is 6. The molecule has 0 aliphatic carbocycles. The van der Waals surface area contributed by atoms with E-state index in [2.05, 4.69) is 15.9 Å². The molecule has 1 fully saturated rings. The molecule has 1 saturated heterocycles. The molecular formula is C21H20BrN3O5. The minimum absolute atomic E-state index is 0.113. The number of halogens is 1. The fourth-order valence-corrected chi connectivity index (χ4v) is 3.68. The first-order valence-corrected chi connectivity index (χ1v) is 10.2. The molecule has 0 aromatic heterocycles. The van der Waals surface area contributed by atoms with E-state index < -0.39 is 22.8 Å². The number of hydrogen-bond acceptors (Lipinski definition) is 5. The lowest BCUT2D eigenvalue weighted by Crippen LogP contribution is -2.49. The molecule has 2 unspecified atom stereocenters. The molecule has 3 rings (SSSR count). The lowest BCUT2D eigenvalue weighted by molar-refractivity contribution is -0.384. The summed E-state index contributed by atoms with van der Waals surface area (Å²) in [5, 5.41) is 10.9. The van der Waals surface area contributed by atoms with E-state index in [0.717, 1.165) is 9.37 Å². The van der Waals surface area contributed by atoms with Gasteiger partial charge in [-0.1, -0.05) is 22.9 Å². The van der Waals surface area contributed by atoms with Crippen molar-refractivity contribution in [1.29, 1.82) is 0 Å². The molecule has 1 aliphatic rings. The van der Waals surface area contributed by atoms with Crippen LogP contribution in [0, 0.1) is 10.1 Å². The van der Waals surface area contributed by atoms with Gasteiger partial charge in [-0.2, -0.15) is 0 Å². The number of carbonyl (C=O) groups is 3. The van der Waals surface area contributed by atoms with E-state index in [0.29, 0.717) is 12.1 Å². The molecule has 0 bridgehead atoms. The minimum Gasteiger partial charge on any atom is -0.323 e. The molecule has 8 nitrogen and oxygen atoms in total. The van der Waals surface area contributed by atoms with E-state index in [1.54, 1.807) is 24.3 Å². The Morgan fingerprint density at radius 2 is 1.80 bits per heavy atom. The fourth-order valence-electron chi connectivity index (χ4n) is 3.42. The van der Waals surface area contributed by atoms with Crippen molar-refractivity contribution in [2.45, 2.75) is 38.8 Å². The normalized spacial score (nSPS) is 17.2. The Balaban J connectivity index is 1.92. The molecule has 156 valence electrons. The fraction of sp³-hybridized carbons (Fsp3) is 0.286. The van der Waals surface area contributed by atoms with Gasteiger partial charge in [-0.25, -0.2) is 4.90 Å². The SMILES string of the molecule is CCC(C)N(C(=O)c1ccc([N+](=O)[O-])cc1)C1CC(=O)N(c2ccc(Br)cc2)C1=O. The summed E-state index contributed by atoms with van der Waals surface area (Å²) >= 11 is 3.32. The van der Waals surface area contributed by atoms with Crippen LogP contribution in [0.4, 0.5) is 11.4 Å². The van der Waals surface area contributed by atoms with Crippen LogP contribution in [0.15, 0.2) is 53.0 Å². The Morgan fingerprint density at radius 1 is 1.20 bits per heavy atom. The highest BCUT2D eigenvalue weighted by Gasteiger charge is 2.45. The van der Waals surface area contributed by atoms with Crippen LogP contribution >= 0.6 is 15.9 Å². The molecule has 0 radical (unpaired) electrons. The molecule has 30 heavy (non-hydrogen) atoms. The average Bonchev–Trinajstić information content (AvgIpc) is 3.02. The number of imide groups is 1. The van der Waals surface area contributed by atoms with Gasteiger partial charge in [0.15, 0.2) is 0 Å².